The molecule has 1 N–H and O–H groups in total. The fourth-order valence-electron chi connectivity index (χ4n) is 5.36. The summed E-state index contributed by atoms with van der Waals surface area (Å²) in [5.41, 5.74) is 1.22. The predicted octanol–water partition coefficient (Wildman–Crippen LogP) is 3.47. The Labute approximate surface area is 120 Å². The maximum Gasteiger partial charge on any atom is 0.325 e. The molecule has 20 heavy (non-hydrogen) atoms. The molecule has 0 spiro atoms. The Hall–Kier alpha value is -0.990. The third-order valence-corrected chi connectivity index (χ3v) is 6.05. The summed E-state index contributed by atoms with van der Waals surface area (Å²) >= 11 is 0. The molecular formula is C17H26N2O. The lowest BCUT2D eigenvalue weighted by Crippen LogP contribution is -2.47. The van der Waals surface area contributed by atoms with Crippen molar-refractivity contribution < 1.29 is 0 Å². The number of aromatic amines is 1. The van der Waals surface area contributed by atoms with E-state index in [4.69, 9.17) is 0 Å². The molecule has 4 fully saturated rings. The fourth-order valence-corrected chi connectivity index (χ4v) is 5.36. The molecule has 5 rings (SSSR count). The molecule has 0 saturated heterocycles. The Balaban J connectivity index is 1.71. The molecule has 4 aliphatic carbocycles. The highest BCUT2D eigenvalue weighted by Crippen LogP contribution is 2.58. The topological polar surface area (TPSA) is 37.8 Å². The molecule has 0 radical (unpaired) electrons. The van der Waals surface area contributed by atoms with Crippen molar-refractivity contribution in [2.24, 2.45) is 23.7 Å². The van der Waals surface area contributed by atoms with Crippen molar-refractivity contribution >= 4 is 0 Å². The number of rotatable bonds is 1. The molecule has 0 aromatic carbocycles. The Kier molecular flexibility index (Phi) is 2.56. The Morgan fingerprint density at radius 2 is 1.60 bits per heavy atom. The zero-order chi connectivity index (χ0) is 14.1. The first-order valence-corrected chi connectivity index (χ1v) is 8.23. The molecule has 1 aromatic rings. The van der Waals surface area contributed by atoms with E-state index >= 15 is 0 Å². The number of H-pyrrole nitrogens is 1. The maximum absolute atomic E-state index is 12.4. The highest BCUT2D eigenvalue weighted by Gasteiger charge is 2.49. The second-order valence-electron chi connectivity index (χ2n) is 8.55. The summed E-state index contributed by atoms with van der Waals surface area (Å²) < 4.78 is 2.06. The first kappa shape index (κ1) is 12.7. The van der Waals surface area contributed by atoms with E-state index in [0.29, 0.717) is 6.04 Å². The van der Waals surface area contributed by atoms with E-state index in [1.807, 2.05) is 0 Å². The highest BCUT2D eigenvalue weighted by molar-refractivity contribution is 5.12. The van der Waals surface area contributed by atoms with Crippen molar-refractivity contribution in [2.75, 3.05) is 0 Å². The van der Waals surface area contributed by atoms with Gasteiger partial charge in [-0.25, -0.2) is 4.79 Å². The van der Waals surface area contributed by atoms with Gasteiger partial charge < -0.3 is 4.98 Å². The molecule has 0 atom stereocenters. The van der Waals surface area contributed by atoms with Crippen molar-refractivity contribution in [3.63, 3.8) is 0 Å². The number of imidazole rings is 1. The van der Waals surface area contributed by atoms with E-state index in [-0.39, 0.29) is 11.1 Å². The Morgan fingerprint density at radius 1 is 1.05 bits per heavy atom. The van der Waals surface area contributed by atoms with Gasteiger partial charge in [0.2, 0.25) is 0 Å². The summed E-state index contributed by atoms with van der Waals surface area (Å²) in [5, 5.41) is 0. The molecule has 1 aromatic heterocycles. The quantitative estimate of drug-likeness (QED) is 0.836. The van der Waals surface area contributed by atoms with E-state index in [9.17, 15) is 4.79 Å². The van der Waals surface area contributed by atoms with Crippen molar-refractivity contribution in [2.45, 2.75) is 64.3 Å². The lowest BCUT2D eigenvalue weighted by atomic mass is 9.54. The van der Waals surface area contributed by atoms with Crippen LogP contribution < -0.4 is 5.69 Å². The van der Waals surface area contributed by atoms with Crippen LogP contribution >= 0.6 is 0 Å². The minimum atomic E-state index is 0.0241. The van der Waals surface area contributed by atoms with Gasteiger partial charge >= 0.3 is 5.69 Å². The normalized spacial score (nSPS) is 39.5. The zero-order valence-electron chi connectivity index (χ0n) is 12.9. The van der Waals surface area contributed by atoms with Crippen LogP contribution in [-0.4, -0.2) is 9.55 Å². The van der Waals surface area contributed by atoms with Gasteiger partial charge in [-0.05, 0) is 55.8 Å². The van der Waals surface area contributed by atoms with E-state index < -0.39 is 0 Å². The van der Waals surface area contributed by atoms with Gasteiger partial charge in [-0.3, -0.25) is 4.57 Å². The molecule has 0 unspecified atom stereocenters. The third kappa shape index (κ3) is 1.82. The number of aromatic nitrogens is 2. The SMILES string of the molecule is CC(C)(C)c1cn(C2C3CC4CC(C3)CC2C4)c(=O)[nH]1. The van der Waals surface area contributed by atoms with Gasteiger partial charge in [-0.15, -0.1) is 0 Å². The fraction of sp³-hybridized carbons (Fsp3) is 0.824. The van der Waals surface area contributed by atoms with Crippen LogP contribution in [0.3, 0.4) is 0 Å². The summed E-state index contributed by atoms with van der Waals surface area (Å²) in [6, 6.07) is 0.475. The second-order valence-corrected chi connectivity index (χ2v) is 8.55. The van der Waals surface area contributed by atoms with Crippen LogP contribution in [0.5, 0.6) is 0 Å². The molecule has 0 aliphatic heterocycles. The van der Waals surface area contributed by atoms with E-state index in [1.54, 1.807) is 0 Å². The molecule has 3 nitrogen and oxygen atoms in total. The summed E-state index contributed by atoms with van der Waals surface area (Å²) in [7, 11) is 0. The average molecular weight is 274 g/mol. The van der Waals surface area contributed by atoms with Crippen LogP contribution in [0.2, 0.25) is 0 Å². The predicted molar refractivity (Wildman–Crippen MR) is 79.8 cm³/mol. The number of nitrogens with zero attached hydrogens (tertiary/aromatic N) is 1. The molecule has 3 heteroatoms. The van der Waals surface area contributed by atoms with Crippen LogP contribution in [-0.2, 0) is 5.41 Å². The van der Waals surface area contributed by atoms with Gasteiger partial charge in [0.15, 0.2) is 0 Å². The van der Waals surface area contributed by atoms with E-state index in [2.05, 4.69) is 36.5 Å². The van der Waals surface area contributed by atoms with Crippen molar-refractivity contribution in [3.05, 3.63) is 22.4 Å². The largest absolute Gasteiger partial charge is 0.325 e. The number of hydrogen-bond acceptors (Lipinski definition) is 1. The van der Waals surface area contributed by atoms with Crippen LogP contribution in [0.1, 0.15) is 64.6 Å². The van der Waals surface area contributed by atoms with Gasteiger partial charge in [0.05, 0.1) is 0 Å². The molecule has 4 bridgehead atoms. The van der Waals surface area contributed by atoms with Crippen LogP contribution in [0.4, 0.5) is 0 Å². The van der Waals surface area contributed by atoms with Gasteiger partial charge in [0.1, 0.15) is 0 Å². The average Bonchev–Trinajstić information content (AvgIpc) is 2.70. The highest BCUT2D eigenvalue weighted by atomic mass is 16.1. The number of hydrogen-bond donors (Lipinski definition) is 1. The van der Waals surface area contributed by atoms with Crippen molar-refractivity contribution in [1.29, 1.82) is 0 Å². The van der Waals surface area contributed by atoms with Crippen LogP contribution in [0, 0.1) is 23.7 Å². The monoisotopic (exact) mass is 274 g/mol. The summed E-state index contributed by atoms with van der Waals surface area (Å²) in [6.45, 7) is 6.50. The third-order valence-electron chi connectivity index (χ3n) is 6.05. The molecule has 110 valence electrons. The van der Waals surface area contributed by atoms with Gasteiger partial charge in [-0.2, -0.15) is 0 Å². The molecular weight excluding hydrogens is 248 g/mol. The minimum absolute atomic E-state index is 0.0241. The van der Waals surface area contributed by atoms with Gasteiger partial charge in [0, 0.05) is 23.3 Å². The van der Waals surface area contributed by atoms with Crippen molar-refractivity contribution in [1.82, 2.24) is 9.55 Å². The first-order chi connectivity index (χ1) is 9.41. The maximum atomic E-state index is 12.4. The van der Waals surface area contributed by atoms with E-state index in [1.165, 1.54) is 32.1 Å². The molecule has 4 aliphatic rings. The molecule has 0 amide bonds. The summed E-state index contributed by atoms with van der Waals surface area (Å²) in [5.74, 6) is 3.44. The Bertz CT molecular complexity index is 547. The molecule has 1 heterocycles. The summed E-state index contributed by atoms with van der Waals surface area (Å²) in [4.78, 5) is 15.5. The molecule has 4 saturated carbocycles. The second kappa shape index (κ2) is 4.02. The van der Waals surface area contributed by atoms with Crippen LogP contribution in [0.25, 0.3) is 0 Å². The summed E-state index contributed by atoms with van der Waals surface area (Å²) in [6.07, 6.45) is 9.03. The minimum Gasteiger partial charge on any atom is -0.309 e. The van der Waals surface area contributed by atoms with Crippen molar-refractivity contribution in [3.8, 4) is 0 Å². The number of nitrogens with one attached hydrogen (secondary N) is 1. The van der Waals surface area contributed by atoms with Gasteiger partial charge in [-0.1, -0.05) is 20.8 Å². The lowest BCUT2D eigenvalue weighted by molar-refractivity contribution is -0.0303. The lowest BCUT2D eigenvalue weighted by Gasteiger charge is -2.54. The smallest absolute Gasteiger partial charge is 0.309 e. The zero-order valence-corrected chi connectivity index (χ0v) is 12.9. The van der Waals surface area contributed by atoms with Crippen LogP contribution in [0.15, 0.2) is 11.0 Å². The van der Waals surface area contributed by atoms with E-state index in [0.717, 1.165) is 29.4 Å². The van der Waals surface area contributed by atoms with Gasteiger partial charge in [0.25, 0.3) is 0 Å². The Morgan fingerprint density at radius 3 is 2.05 bits per heavy atom. The standard InChI is InChI=1S/C17H26N2O/c1-17(2,3)14-9-19(16(20)18-14)15-12-5-10-4-11(7-12)8-13(15)6-10/h9-13,15H,4-8H2,1-3H3,(H,18,20). The first-order valence-electron chi connectivity index (χ1n) is 8.23.